The molecule has 3 rings (SSSR count). The van der Waals surface area contributed by atoms with Crippen LogP contribution in [0.15, 0.2) is 49.1 Å². The maximum atomic E-state index is 13.5. The lowest BCUT2D eigenvalue weighted by Crippen LogP contribution is -2.51. The van der Waals surface area contributed by atoms with Gasteiger partial charge in [0.15, 0.2) is 0 Å². The predicted octanol–water partition coefficient (Wildman–Crippen LogP) is 3.12. The van der Waals surface area contributed by atoms with Crippen LogP contribution < -0.4 is 5.32 Å². The molecule has 2 amide bonds. The Morgan fingerprint density at radius 2 is 1.86 bits per heavy atom. The van der Waals surface area contributed by atoms with Gasteiger partial charge in [-0.25, -0.2) is 4.39 Å². The molecular formula is C21H21ClFN3O3. The lowest BCUT2D eigenvalue weighted by Gasteiger charge is -2.34. The summed E-state index contributed by atoms with van der Waals surface area (Å²) < 4.78 is 13.5. The number of phenolic OH excluding ortho intramolecular Hbond substituents is 1. The standard InChI is InChI=1S/C21H21ClFN3O3/c1-2-20(28)25-6-8-26(9-7-25)21(29)13-24-18-11-16(17(22)12-19(18)27)14-4-3-5-15(23)10-14/h2-5,10-12,24,27H,1,6-9,13H2. The summed E-state index contributed by atoms with van der Waals surface area (Å²) in [6.45, 7) is 5.20. The maximum absolute atomic E-state index is 13.5. The molecule has 2 N–H and O–H groups in total. The van der Waals surface area contributed by atoms with Crippen LogP contribution in [0.5, 0.6) is 5.75 Å². The van der Waals surface area contributed by atoms with Crippen molar-refractivity contribution >= 4 is 29.1 Å². The summed E-state index contributed by atoms with van der Waals surface area (Å²) in [5.74, 6) is -0.807. The highest BCUT2D eigenvalue weighted by Crippen LogP contribution is 2.36. The molecule has 0 bridgehead atoms. The van der Waals surface area contributed by atoms with E-state index in [2.05, 4.69) is 11.9 Å². The molecule has 2 aromatic rings. The fraction of sp³-hybridized carbons (Fsp3) is 0.238. The fourth-order valence-corrected chi connectivity index (χ4v) is 3.44. The first-order valence-corrected chi connectivity index (χ1v) is 9.48. The Bertz CT molecular complexity index is 943. The van der Waals surface area contributed by atoms with Crippen molar-refractivity contribution in [2.45, 2.75) is 0 Å². The second kappa shape index (κ2) is 8.96. The lowest BCUT2D eigenvalue weighted by molar-refractivity contribution is -0.135. The van der Waals surface area contributed by atoms with Crippen LogP contribution in [0.25, 0.3) is 11.1 Å². The minimum Gasteiger partial charge on any atom is -0.506 e. The summed E-state index contributed by atoms with van der Waals surface area (Å²) in [5.41, 5.74) is 1.42. The number of halogens is 2. The number of aromatic hydroxyl groups is 1. The molecule has 1 saturated heterocycles. The minimum absolute atomic E-state index is 0.0345. The molecular weight excluding hydrogens is 397 g/mol. The quantitative estimate of drug-likeness (QED) is 0.579. The third-order valence-electron chi connectivity index (χ3n) is 4.77. The van der Waals surface area contributed by atoms with Crippen molar-refractivity contribution in [2.24, 2.45) is 0 Å². The number of carbonyl (C=O) groups excluding carboxylic acids is 2. The number of hydrogen-bond acceptors (Lipinski definition) is 4. The molecule has 1 aliphatic heterocycles. The van der Waals surface area contributed by atoms with E-state index >= 15 is 0 Å². The van der Waals surface area contributed by atoms with Gasteiger partial charge in [0.05, 0.1) is 17.3 Å². The van der Waals surface area contributed by atoms with Crippen LogP contribution in [0, 0.1) is 5.82 Å². The van der Waals surface area contributed by atoms with Gasteiger partial charge in [-0.1, -0.05) is 30.3 Å². The van der Waals surface area contributed by atoms with Crippen LogP contribution in [0.3, 0.4) is 0 Å². The van der Waals surface area contributed by atoms with E-state index in [1.165, 1.54) is 24.3 Å². The first-order valence-electron chi connectivity index (χ1n) is 9.10. The van der Waals surface area contributed by atoms with E-state index < -0.39 is 5.82 Å². The van der Waals surface area contributed by atoms with Crippen molar-refractivity contribution in [1.29, 1.82) is 0 Å². The lowest BCUT2D eigenvalue weighted by atomic mass is 10.0. The Balaban J connectivity index is 1.66. The number of nitrogens with zero attached hydrogens (tertiary/aromatic N) is 2. The van der Waals surface area contributed by atoms with Crippen LogP contribution in [-0.2, 0) is 9.59 Å². The third kappa shape index (κ3) is 4.86. The number of phenols is 1. The molecule has 152 valence electrons. The van der Waals surface area contributed by atoms with Gasteiger partial charge in [0, 0.05) is 37.8 Å². The van der Waals surface area contributed by atoms with Gasteiger partial charge in [-0.05, 0) is 29.8 Å². The van der Waals surface area contributed by atoms with Crippen molar-refractivity contribution in [1.82, 2.24) is 9.80 Å². The number of piperazine rings is 1. The van der Waals surface area contributed by atoms with Crippen molar-refractivity contribution in [2.75, 3.05) is 38.0 Å². The van der Waals surface area contributed by atoms with E-state index in [0.29, 0.717) is 43.0 Å². The number of anilines is 1. The van der Waals surface area contributed by atoms with Crippen molar-refractivity contribution in [3.63, 3.8) is 0 Å². The van der Waals surface area contributed by atoms with Crippen LogP contribution >= 0.6 is 11.6 Å². The Morgan fingerprint density at radius 3 is 2.52 bits per heavy atom. The highest BCUT2D eigenvalue weighted by molar-refractivity contribution is 6.33. The predicted molar refractivity (Wildman–Crippen MR) is 110 cm³/mol. The molecule has 0 spiro atoms. The summed E-state index contributed by atoms with van der Waals surface area (Å²) in [7, 11) is 0. The van der Waals surface area contributed by atoms with Gasteiger partial charge in [0.2, 0.25) is 11.8 Å². The SMILES string of the molecule is C=CC(=O)N1CCN(C(=O)CNc2cc(-c3cccc(F)c3)c(Cl)cc2O)CC1. The minimum atomic E-state index is -0.398. The summed E-state index contributed by atoms with van der Waals surface area (Å²) >= 11 is 6.20. The fourth-order valence-electron chi connectivity index (χ4n) is 3.17. The van der Waals surface area contributed by atoms with Crippen LogP contribution in [0.4, 0.5) is 10.1 Å². The molecule has 0 saturated carbocycles. The molecule has 2 aromatic carbocycles. The van der Waals surface area contributed by atoms with Gasteiger partial charge < -0.3 is 20.2 Å². The smallest absolute Gasteiger partial charge is 0.246 e. The highest BCUT2D eigenvalue weighted by atomic mass is 35.5. The summed E-state index contributed by atoms with van der Waals surface area (Å²) in [4.78, 5) is 27.4. The number of hydrogen-bond donors (Lipinski definition) is 2. The average molecular weight is 418 g/mol. The van der Waals surface area contributed by atoms with Gasteiger partial charge in [-0.3, -0.25) is 9.59 Å². The molecule has 1 aliphatic rings. The van der Waals surface area contributed by atoms with E-state index in [4.69, 9.17) is 11.6 Å². The van der Waals surface area contributed by atoms with E-state index in [9.17, 15) is 19.1 Å². The molecule has 1 heterocycles. The first-order chi connectivity index (χ1) is 13.9. The maximum Gasteiger partial charge on any atom is 0.246 e. The number of benzene rings is 2. The van der Waals surface area contributed by atoms with E-state index in [-0.39, 0.29) is 29.1 Å². The molecule has 6 nitrogen and oxygen atoms in total. The van der Waals surface area contributed by atoms with Gasteiger partial charge in [0.25, 0.3) is 0 Å². The van der Waals surface area contributed by atoms with Gasteiger partial charge in [0.1, 0.15) is 11.6 Å². The van der Waals surface area contributed by atoms with Gasteiger partial charge >= 0.3 is 0 Å². The first kappa shape index (κ1) is 20.7. The number of carbonyl (C=O) groups is 2. The van der Waals surface area contributed by atoms with Crippen LogP contribution in [0.1, 0.15) is 0 Å². The molecule has 0 aromatic heterocycles. The Hall–Kier alpha value is -3.06. The van der Waals surface area contributed by atoms with E-state index in [1.54, 1.807) is 28.0 Å². The Morgan fingerprint density at radius 1 is 1.17 bits per heavy atom. The number of rotatable bonds is 5. The van der Waals surface area contributed by atoms with E-state index in [1.807, 2.05) is 0 Å². The second-order valence-electron chi connectivity index (χ2n) is 6.62. The number of nitrogens with one attached hydrogen (secondary N) is 1. The van der Waals surface area contributed by atoms with Crippen molar-refractivity contribution in [3.8, 4) is 16.9 Å². The van der Waals surface area contributed by atoms with Crippen LogP contribution in [-0.4, -0.2) is 59.4 Å². The zero-order valence-corrected chi connectivity index (χ0v) is 16.5. The highest BCUT2D eigenvalue weighted by Gasteiger charge is 2.23. The molecule has 29 heavy (non-hydrogen) atoms. The molecule has 8 heteroatoms. The molecule has 1 fully saturated rings. The largest absolute Gasteiger partial charge is 0.506 e. The van der Waals surface area contributed by atoms with Crippen molar-refractivity contribution < 1.29 is 19.1 Å². The normalized spacial score (nSPS) is 13.9. The molecule has 0 unspecified atom stereocenters. The zero-order valence-electron chi connectivity index (χ0n) is 15.7. The topological polar surface area (TPSA) is 72.9 Å². The zero-order chi connectivity index (χ0) is 21.0. The Labute approximate surface area is 173 Å². The summed E-state index contributed by atoms with van der Waals surface area (Å²) in [6.07, 6.45) is 1.26. The monoisotopic (exact) mass is 417 g/mol. The third-order valence-corrected chi connectivity index (χ3v) is 5.08. The summed E-state index contributed by atoms with van der Waals surface area (Å²) in [6, 6.07) is 8.89. The van der Waals surface area contributed by atoms with Gasteiger partial charge in [-0.2, -0.15) is 0 Å². The molecule has 0 atom stereocenters. The molecule has 0 radical (unpaired) electrons. The van der Waals surface area contributed by atoms with Crippen LogP contribution in [0.2, 0.25) is 5.02 Å². The summed E-state index contributed by atoms with van der Waals surface area (Å²) in [5, 5.41) is 13.4. The molecule has 0 aliphatic carbocycles. The average Bonchev–Trinajstić information content (AvgIpc) is 2.72. The second-order valence-corrected chi connectivity index (χ2v) is 7.03. The number of amides is 2. The Kier molecular flexibility index (Phi) is 6.39. The van der Waals surface area contributed by atoms with Crippen molar-refractivity contribution in [3.05, 3.63) is 59.9 Å². The van der Waals surface area contributed by atoms with Gasteiger partial charge in [-0.15, -0.1) is 0 Å². The van der Waals surface area contributed by atoms with E-state index in [0.717, 1.165) is 0 Å².